The maximum absolute atomic E-state index is 13.7. The SMILES string of the molecule is CC1CC(N2C(=O)C[C@@](C)(c3cccc(Nc4ccc(OC(F)F)nc4)c3Cl)N=C2NC(=O)OC(C)(C)C)CCO1. The van der Waals surface area contributed by atoms with E-state index in [-0.39, 0.29) is 36.3 Å². The number of alkyl halides is 2. The molecule has 2 N–H and O–H groups in total. The van der Waals surface area contributed by atoms with Gasteiger partial charge in [-0.3, -0.25) is 15.0 Å². The van der Waals surface area contributed by atoms with Gasteiger partial charge in [0.1, 0.15) is 5.60 Å². The minimum Gasteiger partial charge on any atom is -0.444 e. The number of ether oxygens (including phenoxy) is 3. The van der Waals surface area contributed by atoms with Crippen molar-refractivity contribution in [3.05, 3.63) is 47.1 Å². The molecule has 10 nitrogen and oxygen atoms in total. The van der Waals surface area contributed by atoms with Crippen LogP contribution in [-0.4, -0.2) is 58.8 Å². The lowest BCUT2D eigenvalue weighted by molar-refractivity contribution is -0.133. The maximum atomic E-state index is 13.7. The summed E-state index contributed by atoms with van der Waals surface area (Å²) in [5.74, 6) is -0.354. The van der Waals surface area contributed by atoms with Crippen molar-refractivity contribution in [1.82, 2.24) is 15.2 Å². The first-order valence-electron chi connectivity index (χ1n) is 13.2. The third kappa shape index (κ3) is 7.62. The number of aromatic nitrogens is 1. The van der Waals surface area contributed by atoms with E-state index >= 15 is 0 Å². The molecule has 0 aliphatic carbocycles. The molecule has 13 heteroatoms. The van der Waals surface area contributed by atoms with E-state index in [0.29, 0.717) is 41.4 Å². The Hall–Kier alpha value is -3.51. The smallest absolute Gasteiger partial charge is 0.414 e. The molecular formula is C28H34ClF2N5O5. The van der Waals surface area contributed by atoms with Gasteiger partial charge in [-0.2, -0.15) is 8.78 Å². The molecular weight excluding hydrogens is 560 g/mol. The number of nitrogens with one attached hydrogen (secondary N) is 2. The normalized spacial score (nSPS) is 23.2. The van der Waals surface area contributed by atoms with E-state index in [0.717, 1.165) is 0 Å². The van der Waals surface area contributed by atoms with E-state index in [2.05, 4.69) is 20.4 Å². The Morgan fingerprint density at radius 1 is 1.27 bits per heavy atom. The van der Waals surface area contributed by atoms with Crippen molar-refractivity contribution in [2.45, 2.75) is 83.8 Å². The molecule has 4 rings (SSSR count). The van der Waals surface area contributed by atoms with Crippen LogP contribution in [0.25, 0.3) is 0 Å². The highest BCUT2D eigenvalue weighted by Gasteiger charge is 2.44. The van der Waals surface area contributed by atoms with Crippen molar-refractivity contribution >= 4 is 40.9 Å². The monoisotopic (exact) mass is 593 g/mol. The minimum atomic E-state index is -2.98. The highest BCUT2D eigenvalue weighted by molar-refractivity contribution is 6.34. The Morgan fingerprint density at radius 2 is 2.02 bits per heavy atom. The Balaban J connectivity index is 1.67. The number of halogens is 3. The maximum Gasteiger partial charge on any atom is 0.414 e. The molecule has 1 aromatic carbocycles. The summed E-state index contributed by atoms with van der Waals surface area (Å²) < 4.78 is 40.3. The van der Waals surface area contributed by atoms with E-state index in [4.69, 9.17) is 26.1 Å². The van der Waals surface area contributed by atoms with E-state index in [1.165, 1.54) is 23.2 Å². The number of carbonyl (C=O) groups is 2. The summed E-state index contributed by atoms with van der Waals surface area (Å²) >= 11 is 6.84. The zero-order valence-corrected chi connectivity index (χ0v) is 24.3. The molecule has 0 radical (unpaired) electrons. The second kappa shape index (κ2) is 12.2. The van der Waals surface area contributed by atoms with Crippen LogP contribution in [0.2, 0.25) is 5.02 Å². The van der Waals surface area contributed by atoms with Crippen molar-refractivity contribution in [3.63, 3.8) is 0 Å². The van der Waals surface area contributed by atoms with Crippen LogP contribution >= 0.6 is 11.6 Å². The molecule has 0 bridgehead atoms. The molecule has 2 aliphatic rings. The lowest BCUT2D eigenvalue weighted by atomic mass is 9.86. The molecule has 1 fully saturated rings. The van der Waals surface area contributed by atoms with Gasteiger partial charge in [0.05, 0.1) is 40.7 Å². The van der Waals surface area contributed by atoms with Gasteiger partial charge in [0.2, 0.25) is 17.7 Å². The largest absolute Gasteiger partial charge is 0.444 e. The highest BCUT2D eigenvalue weighted by Crippen LogP contribution is 2.42. The zero-order chi connectivity index (χ0) is 29.9. The first-order chi connectivity index (χ1) is 19.2. The summed E-state index contributed by atoms with van der Waals surface area (Å²) in [5.41, 5.74) is -0.374. The molecule has 2 unspecified atom stereocenters. The molecule has 2 aliphatic heterocycles. The van der Waals surface area contributed by atoms with Crippen LogP contribution in [0.3, 0.4) is 0 Å². The molecule has 0 saturated carbocycles. The number of hydrogen-bond acceptors (Lipinski definition) is 8. The van der Waals surface area contributed by atoms with Crippen LogP contribution in [0.15, 0.2) is 41.5 Å². The first-order valence-corrected chi connectivity index (χ1v) is 13.6. The third-order valence-corrected chi connectivity index (χ3v) is 6.99. The number of guanidine groups is 1. The van der Waals surface area contributed by atoms with Crippen molar-refractivity contribution in [1.29, 1.82) is 0 Å². The number of amides is 2. The summed E-state index contributed by atoms with van der Waals surface area (Å²) in [6.07, 6.45) is 1.74. The van der Waals surface area contributed by atoms with Gasteiger partial charge >= 0.3 is 12.7 Å². The Labute approximate surface area is 242 Å². The minimum absolute atomic E-state index is 0.00261. The van der Waals surface area contributed by atoms with Crippen LogP contribution in [0.4, 0.5) is 25.0 Å². The molecule has 0 spiro atoms. The second-order valence-electron chi connectivity index (χ2n) is 11.2. The topological polar surface area (TPSA) is 114 Å². The summed E-state index contributed by atoms with van der Waals surface area (Å²) in [6.45, 7) is 6.45. The molecule has 1 aromatic heterocycles. The van der Waals surface area contributed by atoms with Gasteiger partial charge in [0.15, 0.2) is 0 Å². The molecule has 2 amide bonds. The molecule has 3 atom stereocenters. The van der Waals surface area contributed by atoms with Crippen molar-refractivity contribution in [2.75, 3.05) is 11.9 Å². The number of aliphatic imine (C=N–C) groups is 1. The van der Waals surface area contributed by atoms with Gasteiger partial charge < -0.3 is 19.5 Å². The van der Waals surface area contributed by atoms with E-state index in [1.54, 1.807) is 45.9 Å². The molecule has 222 valence electrons. The van der Waals surface area contributed by atoms with Crippen LogP contribution in [0.1, 0.15) is 59.4 Å². The number of rotatable bonds is 6. The fourth-order valence-electron chi connectivity index (χ4n) is 4.86. The van der Waals surface area contributed by atoms with E-state index < -0.39 is 23.8 Å². The fraction of sp³-hybridized carbons (Fsp3) is 0.500. The third-order valence-electron chi connectivity index (χ3n) is 6.58. The van der Waals surface area contributed by atoms with Gasteiger partial charge in [-0.1, -0.05) is 23.7 Å². The fourth-order valence-corrected chi connectivity index (χ4v) is 5.24. The Bertz CT molecular complexity index is 1300. The number of hydrogen-bond donors (Lipinski definition) is 2. The van der Waals surface area contributed by atoms with Gasteiger partial charge in [0, 0.05) is 24.3 Å². The molecule has 2 aromatic rings. The summed E-state index contributed by atoms with van der Waals surface area (Å²) in [5, 5.41) is 6.11. The predicted octanol–water partition coefficient (Wildman–Crippen LogP) is 5.98. The highest BCUT2D eigenvalue weighted by atomic mass is 35.5. The number of alkyl carbamates (subject to hydrolysis) is 1. The zero-order valence-electron chi connectivity index (χ0n) is 23.5. The predicted molar refractivity (Wildman–Crippen MR) is 150 cm³/mol. The Kier molecular flexibility index (Phi) is 9.03. The van der Waals surface area contributed by atoms with Crippen LogP contribution < -0.4 is 15.4 Å². The number of nitrogens with zero attached hydrogens (tertiary/aromatic N) is 3. The average Bonchev–Trinajstić information content (AvgIpc) is 2.84. The van der Waals surface area contributed by atoms with E-state index in [1.807, 2.05) is 6.92 Å². The standard InChI is InChI=1S/C28H34ClF2N5O5/c1-16-13-18(11-12-39-16)36-22(37)14-28(5,35-25(36)34-26(38)41-27(2,3)4)19-7-6-8-20(23(19)29)33-17-9-10-21(32-15-17)40-24(30)31/h6-10,15-16,18,24,33H,11-14H2,1-5H3,(H,34,35,38)/t16?,18?,28-/m0/s1. The molecule has 1 saturated heterocycles. The summed E-state index contributed by atoms with van der Waals surface area (Å²) in [4.78, 5) is 36.8. The average molecular weight is 594 g/mol. The molecule has 41 heavy (non-hydrogen) atoms. The number of pyridine rings is 1. The van der Waals surface area contributed by atoms with Crippen molar-refractivity contribution in [3.8, 4) is 5.88 Å². The summed E-state index contributed by atoms with van der Waals surface area (Å²) in [7, 11) is 0. The summed E-state index contributed by atoms with van der Waals surface area (Å²) in [6, 6.07) is 7.86. The Morgan fingerprint density at radius 3 is 2.66 bits per heavy atom. The van der Waals surface area contributed by atoms with Crippen molar-refractivity contribution in [2.24, 2.45) is 4.99 Å². The number of anilines is 2. The number of carbonyl (C=O) groups excluding carboxylic acids is 2. The van der Waals surface area contributed by atoms with Crippen molar-refractivity contribution < 1.29 is 32.6 Å². The first kappa shape index (κ1) is 30.4. The van der Waals surface area contributed by atoms with Gasteiger partial charge in [0.25, 0.3) is 0 Å². The van der Waals surface area contributed by atoms with Crippen LogP contribution in [0.5, 0.6) is 5.88 Å². The second-order valence-corrected chi connectivity index (χ2v) is 11.6. The van der Waals surface area contributed by atoms with Crippen LogP contribution in [0, 0.1) is 0 Å². The van der Waals surface area contributed by atoms with Crippen LogP contribution in [-0.2, 0) is 19.8 Å². The van der Waals surface area contributed by atoms with Gasteiger partial charge in [-0.25, -0.2) is 14.8 Å². The lowest BCUT2D eigenvalue weighted by Crippen LogP contribution is -2.58. The van der Waals surface area contributed by atoms with Gasteiger partial charge in [-0.15, -0.1) is 0 Å². The lowest BCUT2D eigenvalue weighted by Gasteiger charge is -2.42. The molecule has 3 heterocycles. The van der Waals surface area contributed by atoms with E-state index in [9.17, 15) is 18.4 Å². The quantitative estimate of drug-likeness (QED) is 0.424. The van der Waals surface area contributed by atoms with Gasteiger partial charge in [-0.05, 0) is 59.6 Å². The number of benzene rings is 1.